The average Bonchev–Trinajstić information content (AvgIpc) is 2.27. The quantitative estimate of drug-likeness (QED) is 0.848. The summed E-state index contributed by atoms with van der Waals surface area (Å²) < 4.78 is 18.0. The molecule has 1 N–H and O–H groups in total. The zero-order chi connectivity index (χ0) is 12.5. The molecule has 4 nitrogen and oxygen atoms in total. The lowest BCUT2D eigenvalue weighted by molar-refractivity contribution is -0.166. The van der Waals surface area contributed by atoms with E-state index in [1.807, 2.05) is 0 Å². The van der Waals surface area contributed by atoms with E-state index in [2.05, 4.69) is 0 Å². The highest BCUT2D eigenvalue weighted by atomic mass is 19.1. The highest BCUT2D eigenvalue weighted by Crippen LogP contribution is 2.30. The van der Waals surface area contributed by atoms with Crippen LogP contribution >= 0.6 is 0 Å². The van der Waals surface area contributed by atoms with Crippen LogP contribution in [0.25, 0.3) is 0 Å². The number of aliphatic hydroxyl groups is 1. The maximum absolute atomic E-state index is 13.1. The van der Waals surface area contributed by atoms with Crippen LogP contribution in [0.15, 0.2) is 24.3 Å². The number of rotatable bonds is 3. The monoisotopic (exact) mass is 239 g/mol. The van der Waals surface area contributed by atoms with Crippen LogP contribution in [-0.4, -0.2) is 37.9 Å². The van der Waals surface area contributed by atoms with E-state index in [0.29, 0.717) is 5.69 Å². The molecule has 0 saturated carbocycles. The molecule has 0 unspecified atom stereocenters. The first kappa shape index (κ1) is 12.0. The van der Waals surface area contributed by atoms with E-state index in [-0.39, 0.29) is 25.7 Å². The van der Waals surface area contributed by atoms with Gasteiger partial charge < -0.3 is 14.7 Å². The molecular formula is C12H14FNO3. The van der Waals surface area contributed by atoms with Crippen LogP contribution in [0, 0.1) is 11.2 Å². The Balaban J connectivity index is 2.20. The minimum Gasteiger partial charge on any atom is -0.395 e. The maximum Gasteiger partial charge on any atom is 0.239 e. The van der Waals surface area contributed by atoms with Crippen molar-refractivity contribution >= 4 is 11.6 Å². The Labute approximate surface area is 98.6 Å². The SMILES string of the molecule is CN(C(=O)C1(CO)COC1)c1cccc(F)c1. The normalized spacial score (nSPS) is 17.4. The summed E-state index contributed by atoms with van der Waals surface area (Å²) in [5.41, 5.74) is -0.393. The van der Waals surface area contributed by atoms with Crippen molar-refractivity contribution in [1.29, 1.82) is 0 Å². The van der Waals surface area contributed by atoms with Gasteiger partial charge in [-0.1, -0.05) is 6.07 Å². The topological polar surface area (TPSA) is 49.8 Å². The molecule has 1 heterocycles. The van der Waals surface area contributed by atoms with Crippen molar-refractivity contribution in [2.24, 2.45) is 5.41 Å². The van der Waals surface area contributed by atoms with Crippen LogP contribution in [0.5, 0.6) is 0 Å². The summed E-state index contributed by atoms with van der Waals surface area (Å²) in [5, 5.41) is 9.26. The van der Waals surface area contributed by atoms with Gasteiger partial charge in [0.05, 0.1) is 19.8 Å². The molecular weight excluding hydrogens is 225 g/mol. The first-order chi connectivity index (χ1) is 8.09. The van der Waals surface area contributed by atoms with Crippen LogP contribution in [0.1, 0.15) is 0 Å². The number of aliphatic hydroxyl groups excluding tert-OH is 1. The summed E-state index contributed by atoms with van der Waals surface area (Å²) in [5.74, 6) is -0.651. The molecule has 0 aliphatic carbocycles. The third kappa shape index (κ3) is 2.03. The van der Waals surface area contributed by atoms with E-state index in [1.54, 1.807) is 13.1 Å². The van der Waals surface area contributed by atoms with Crippen molar-refractivity contribution < 1.29 is 19.0 Å². The van der Waals surface area contributed by atoms with Crippen LogP contribution in [-0.2, 0) is 9.53 Å². The fraction of sp³-hybridized carbons (Fsp3) is 0.417. The van der Waals surface area contributed by atoms with Gasteiger partial charge in [-0.15, -0.1) is 0 Å². The molecule has 1 aromatic rings. The molecule has 92 valence electrons. The van der Waals surface area contributed by atoms with Crippen molar-refractivity contribution in [3.05, 3.63) is 30.1 Å². The first-order valence-electron chi connectivity index (χ1n) is 5.31. The summed E-state index contributed by atoms with van der Waals surface area (Å²) in [6, 6.07) is 5.78. The van der Waals surface area contributed by atoms with E-state index in [4.69, 9.17) is 4.74 Å². The van der Waals surface area contributed by atoms with Crippen LogP contribution in [0.2, 0.25) is 0 Å². The van der Waals surface area contributed by atoms with Crippen LogP contribution in [0.4, 0.5) is 10.1 Å². The summed E-state index contributed by atoms with van der Waals surface area (Å²) in [6.07, 6.45) is 0. The van der Waals surface area contributed by atoms with E-state index in [0.717, 1.165) is 0 Å². The lowest BCUT2D eigenvalue weighted by Gasteiger charge is -2.40. The fourth-order valence-electron chi connectivity index (χ4n) is 1.79. The lowest BCUT2D eigenvalue weighted by atomic mass is 9.85. The Kier molecular flexibility index (Phi) is 3.13. The van der Waals surface area contributed by atoms with Gasteiger partial charge in [0.15, 0.2) is 0 Å². The molecule has 0 radical (unpaired) electrons. The minimum atomic E-state index is -0.860. The second-order valence-electron chi connectivity index (χ2n) is 4.28. The van der Waals surface area contributed by atoms with Gasteiger partial charge in [0.25, 0.3) is 0 Å². The zero-order valence-electron chi connectivity index (χ0n) is 9.52. The van der Waals surface area contributed by atoms with Crippen LogP contribution < -0.4 is 4.90 Å². The Bertz CT molecular complexity index is 426. The van der Waals surface area contributed by atoms with Crippen molar-refractivity contribution in [1.82, 2.24) is 0 Å². The molecule has 1 saturated heterocycles. The highest BCUT2D eigenvalue weighted by Gasteiger charge is 2.47. The number of benzene rings is 1. The third-order valence-corrected chi connectivity index (χ3v) is 3.01. The highest BCUT2D eigenvalue weighted by molar-refractivity contribution is 5.98. The molecule has 0 atom stereocenters. The van der Waals surface area contributed by atoms with Gasteiger partial charge in [-0.2, -0.15) is 0 Å². The second kappa shape index (κ2) is 4.43. The van der Waals surface area contributed by atoms with Gasteiger partial charge in [0.2, 0.25) is 5.91 Å². The molecule has 1 fully saturated rings. The number of hydrogen-bond acceptors (Lipinski definition) is 3. The summed E-state index contributed by atoms with van der Waals surface area (Å²) in [6.45, 7) is 0.162. The molecule has 0 spiro atoms. The molecule has 1 aromatic carbocycles. The van der Waals surface area contributed by atoms with Crippen molar-refractivity contribution in [3.8, 4) is 0 Å². The van der Waals surface area contributed by atoms with Gasteiger partial charge in [0, 0.05) is 12.7 Å². The van der Waals surface area contributed by atoms with E-state index >= 15 is 0 Å². The van der Waals surface area contributed by atoms with Crippen molar-refractivity contribution in [2.75, 3.05) is 31.8 Å². The Morgan fingerprint density at radius 2 is 2.29 bits per heavy atom. The summed E-state index contributed by atoms with van der Waals surface area (Å²) in [7, 11) is 1.56. The molecule has 17 heavy (non-hydrogen) atoms. The van der Waals surface area contributed by atoms with Crippen molar-refractivity contribution in [2.45, 2.75) is 0 Å². The van der Waals surface area contributed by atoms with E-state index in [1.165, 1.54) is 23.1 Å². The summed E-state index contributed by atoms with van der Waals surface area (Å²) in [4.78, 5) is 13.5. The largest absolute Gasteiger partial charge is 0.395 e. The Morgan fingerprint density at radius 1 is 1.59 bits per heavy atom. The number of nitrogens with zero attached hydrogens (tertiary/aromatic N) is 1. The Morgan fingerprint density at radius 3 is 2.76 bits per heavy atom. The predicted octanol–water partition coefficient (Wildman–Crippen LogP) is 0.797. The Hall–Kier alpha value is -1.46. The standard InChI is InChI=1S/C12H14FNO3/c1-14(10-4-2-3-9(13)5-10)11(16)12(6-15)7-17-8-12/h2-5,15H,6-8H2,1H3. The molecule has 2 rings (SSSR count). The third-order valence-electron chi connectivity index (χ3n) is 3.01. The smallest absolute Gasteiger partial charge is 0.239 e. The van der Waals surface area contributed by atoms with E-state index < -0.39 is 11.2 Å². The molecule has 1 amide bonds. The van der Waals surface area contributed by atoms with Gasteiger partial charge in [-0.25, -0.2) is 4.39 Å². The summed E-state index contributed by atoms with van der Waals surface area (Å²) >= 11 is 0. The fourth-order valence-corrected chi connectivity index (χ4v) is 1.79. The molecule has 0 aromatic heterocycles. The van der Waals surface area contributed by atoms with Gasteiger partial charge >= 0.3 is 0 Å². The lowest BCUT2D eigenvalue weighted by Crippen LogP contribution is -2.56. The van der Waals surface area contributed by atoms with Crippen molar-refractivity contribution in [3.63, 3.8) is 0 Å². The number of anilines is 1. The average molecular weight is 239 g/mol. The number of hydrogen-bond donors (Lipinski definition) is 1. The van der Waals surface area contributed by atoms with E-state index in [9.17, 15) is 14.3 Å². The van der Waals surface area contributed by atoms with Gasteiger partial charge in [-0.05, 0) is 18.2 Å². The second-order valence-corrected chi connectivity index (χ2v) is 4.28. The molecule has 5 heteroatoms. The maximum atomic E-state index is 13.1. The minimum absolute atomic E-state index is 0.210. The first-order valence-corrected chi connectivity index (χ1v) is 5.31. The number of carbonyl (C=O) groups excluding carboxylic acids is 1. The van der Waals surface area contributed by atoms with Gasteiger partial charge in [0.1, 0.15) is 11.2 Å². The number of carbonyl (C=O) groups is 1. The van der Waals surface area contributed by atoms with Crippen LogP contribution in [0.3, 0.4) is 0 Å². The molecule has 1 aliphatic rings. The predicted molar refractivity (Wildman–Crippen MR) is 60.1 cm³/mol. The number of halogens is 1. The number of amides is 1. The van der Waals surface area contributed by atoms with Gasteiger partial charge in [-0.3, -0.25) is 4.79 Å². The molecule has 0 bridgehead atoms. The number of ether oxygens (including phenoxy) is 1. The molecule has 1 aliphatic heterocycles. The zero-order valence-corrected chi connectivity index (χ0v) is 9.52.